The molecule has 0 fully saturated rings. The van der Waals surface area contributed by atoms with Crippen LogP contribution in [0.15, 0.2) is 128 Å². The molecule has 32 heavy (non-hydrogen) atoms. The van der Waals surface area contributed by atoms with E-state index in [1.807, 2.05) is 101 Å². The van der Waals surface area contributed by atoms with Gasteiger partial charge in [-0.3, -0.25) is 9.80 Å². The van der Waals surface area contributed by atoms with Gasteiger partial charge in [0.05, 0.1) is 0 Å². The molecule has 0 aliphatic rings. The van der Waals surface area contributed by atoms with Crippen molar-refractivity contribution < 1.29 is 0 Å². The van der Waals surface area contributed by atoms with Crippen LogP contribution in [0.3, 0.4) is 0 Å². The molecule has 3 aromatic heterocycles. The summed E-state index contributed by atoms with van der Waals surface area (Å²) in [6.45, 7) is 0. The largest absolute Gasteiger partial charge is 0.279 e. The Balaban J connectivity index is 1.65. The quantitative estimate of drug-likeness (QED) is 0.305. The van der Waals surface area contributed by atoms with Crippen LogP contribution in [0.4, 0.5) is 34.6 Å². The lowest BCUT2D eigenvalue weighted by molar-refractivity contribution is 1.08. The van der Waals surface area contributed by atoms with E-state index in [0.717, 1.165) is 34.6 Å². The van der Waals surface area contributed by atoms with Crippen molar-refractivity contribution in [1.29, 1.82) is 0 Å². The van der Waals surface area contributed by atoms with Crippen molar-refractivity contribution in [1.82, 2.24) is 15.0 Å². The molecule has 0 amide bonds. The molecular weight excluding hydrogens is 394 g/mol. The van der Waals surface area contributed by atoms with Crippen LogP contribution < -0.4 is 9.80 Å². The van der Waals surface area contributed by atoms with Gasteiger partial charge < -0.3 is 0 Å². The van der Waals surface area contributed by atoms with Crippen LogP contribution >= 0.6 is 0 Å². The Morgan fingerprint density at radius 1 is 0.375 bits per heavy atom. The van der Waals surface area contributed by atoms with E-state index in [2.05, 4.69) is 34.2 Å². The fourth-order valence-electron chi connectivity index (χ4n) is 3.55. The molecule has 3 heterocycles. The van der Waals surface area contributed by atoms with Gasteiger partial charge >= 0.3 is 0 Å². The molecule has 154 valence electrons. The van der Waals surface area contributed by atoms with Gasteiger partial charge in [0.1, 0.15) is 23.3 Å². The average Bonchev–Trinajstić information content (AvgIpc) is 2.87. The van der Waals surface area contributed by atoms with Gasteiger partial charge in [0.2, 0.25) is 0 Å². The maximum Gasteiger partial charge on any atom is 0.141 e. The fraction of sp³-hybridized carbons (Fsp3) is 0. The van der Waals surface area contributed by atoms with Crippen molar-refractivity contribution in [2.24, 2.45) is 0 Å². The maximum atomic E-state index is 5.05. The first-order chi connectivity index (χ1) is 15.9. The summed E-state index contributed by atoms with van der Waals surface area (Å²) in [5, 5.41) is 0. The van der Waals surface area contributed by atoms with Gasteiger partial charge in [-0.25, -0.2) is 15.0 Å². The van der Waals surface area contributed by atoms with E-state index in [-0.39, 0.29) is 0 Å². The van der Waals surface area contributed by atoms with Crippen LogP contribution in [0, 0.1) is 0 Å². The van der Waals surface area contributed by atoms with Gasteiger partial charge in [0.25, 0.3) is 0 Å². The zero-order valence-corrected chi connectivity index (χ0v) is 17.4. The van der Waals surface area contributed by atoms with Gasteiger partial charge in [0.15, 0.2) is 0 Å². The van der Waals surface area contributed by atoms with Crippen molar-refractivity contribution >= 4 is 34.6 Å². The smallest absolute Gasteiger partial charge is 0.141 e. The number of benzene rings is 2. The zero-order valence-electron chi connectivity index (χ0n) is 17.4. The predicted octanol–water partition coefficient (Wildman–Crippen LogP) is 6.81. The number of anilines is 6. The molecule has 5 aromatic rings. The minimum Gasteiger partial charge on any atom is -0.279 e. The van der Waals surface area contributed by atoms with E-state index in [0.29, 0.717) is 0 Å². The normalized spacial score (nSPS) is 10.5. The predicted molar refractivity (Wildman–Crippen MR) is 129 cm³/mol. The fourth-order valence-corrected chi connectivity index (χ4v) is 3.55. The highest BCUT2D eigenvalue weighted by molar-refractivity contribution is 5.76. The van der Waals surface area contributed by atoms with Crippen LogP contribution in [0.5, 0.6) is 0 Å². The molecule has 0 bridgehead atoms. The van der Waals surface area contributed by atoms with Crippen molar-refractivity contribution in [2.75, 3.05) is 9.80 Å². The van der Waals surface area contributed by atoms with E-state index >= 15 is 0 Å². The Hall–Kier alpha value is -4.51. The molecule has 0 saturated heterocycles. The van der Waals surface area contributed by atoms with E-state index in [1.54, 1.807) is 12.4 Å². The van der Waals surface area contributed by atoms with E-state index in [1.165, 1.54) is 0 Å². The second kappa shape index (κ2) is 9.10. The minimum atomic E-state index is 0.768. The highest BCUT2D eigenvalue weighted by atomic mass is 15.3. The number of nitrogens with zero attached hydrogens (tertiary/aromatic N) is 5. The molecule has 0 N–H and O–H groups in total. The van der Waals surface area contributed by atoms with Gasteiger partial charge in [-0.1, -0.05) is 54.6 Å². The molecule has 5 heteroatoms. The number of hydrogen-bond donors (Lipinski definition) is 0. The topological polar surface area (TPSA) is 45.2 Å². The molecule has 0 aliphatic heterocycles. The third kappa shape index (κ3) is 4.04. The van der Waals surface area contributed by atoms with Gasteiger partial charge in [-0.15, -0.1) is 0 Å². The second-order valence-corrected chi connectivity index (χ2v) is 7.07. The summed E-state index contributed by atoms with van der Waals surface area (Å²) in [7, 11) is 0. The molecule has 5 nitrogen and oxygen atoms in total. The lowest BCUT2D eigenvalue weighted by Gasteiger charge is -2.26. The van der Waals surface area contributed by atoms with Crippen molar-refractivity contribution in [3.05, 3.63) is 128 Å². The number of pyridine rings is 3. The Morgan fingerprint density at radius 2 is 0.781 bits per heavy atom. The van der Waals surface area contributed by atoms with E-state index < -0.39 is 0 Å². The van der Waals surface area contributed by atoms with Gasteiger partial charge in [-0.2, -0.15) is 0 Å². The lowest BCUT2D eigenvalue weighted by Crippen LogP contribution is -2.16. The number of hydrogen-bond acceptors (Lipinski definition) is 5. The Labute approximate surface area is 187 Å². The SMILES string of the molecule is c1ccc(N(c2ccccn2)c2cccc(N(c3ccccc3)c3ccccn3)n2)cc1. The molecule has 2 aromatic carbocycles. The van der Waals surface area contributed by atoms with Crippen LogP contribution in [-0.4, -0.2) is 15.0 Å². The Kier molecular flexibility index (Phi) is 5.53. The standard InChI is InChI=1S/C27H21N5/c1-3-12-22(13-4-1)31(24-16-7-9-20-28-24)26-18-11-19-27(30-26)32(23-14-5-2-6-15-23)25-17-8-10-21-29-25/h1-21H. The summed E-state index contributed by atoms with van der Waals surface area (Å²) in [4.78, 5) is 18.3. The minimum absolute atomic E-state index is 0.768. The number of aromatic nitrogens is 3. The second-order valence-electron chi connectivity index (χ2n) is 7.07. The third-order valence-corrected chi connectivity index (χ3v) is 4.96. The van der Waals surface area contributed by atoms with Gasteiger partial charge in [-0.05, 0) is 60.7 Å². The highest BCUT2D eigenvalue weighted by Crippen LogP contribution is 2.36. The molecule has 0 spiro atoms. The van der Waals surface area contributed by atoms with Crippen molar-refractivity contribution in [3.8, 4) is 0 Å². The summed E-state index contributed by atoms with van der Waals surface area (Å²) < 4.78 is 0. The third-order valence-electron chi connectivity index (χ3n) is 4.96. The van der Waals surface area contributed by atoms with Crippen LogP contribution in [0.25, 0.3) is 0 Å². The zero-order chi connectivity index (χ0) is 21.6. The van der Waals surface area contributed by atoms with Crippen LogP contribution in [-0.2, 0) is 0 Å². The van der Waals surface area contributed by atoms with Crippen molar-refractivity contribution in [3.63, 3.8) is 0 Å². The first kappa shape index (κ1) is 19.5. The molecule has 0 atom stereocenters. The van der Waals surface area contributed by atoms with Crippen LogP contribution in [0.1, 0.15) is 0 Å². The highest BCUT2D eigenvalue weighted by Gasteiger charge is 2.19. The number of para-hydroxylation sites is 2. The van der Waals surface area contributed by atoms with E-state index in [9.17, 15) is 0 Å². The van der Waals surface area contributed by atoms with Crippen LogP contribution in [0.2, 0.25) is 0 Å². The summed E-state index contributed by atoms with van der Waals surface area (Å²) in [6, 6.07) is 38.0. The monoisotopic (exact) mass is 415 g/mol. The molecule has 0 aliphatic carbocycles. The summed E-state index contributed by atoms with van der Waals surface area (Å²) >= 11 is 0. The summed E-state index contributed by atoms with van der Waals surface area (Å²) in [5.41, 5.74) is 1.97. The number of rotatable bonds is 6. The molecule has 0 radical (unpaired) electrons. The first-order valence-electron chi connectivity index (χ1n) is 10.4. The Morgan fingerprint density at radius 3 is 1.19 bits per heavy atom. The average molecular weight is 416 g/mol. The van der Waals surface area contributed by atoms with Crippen molar-refractivity contribution in [2.45, 2.75) is 0 Å². The van der Waals surface area contributed by atoms with E-state index in [4.69, 9.17) is 4.98 Å². The summed E-state index contributed by atoms with van der Waals surface area (Å²) in [5.74, 6) is 3.13. The lowest BCUT2D eigenvalue weighted by atomic mass is 10.2. The maximum absolute atomic E-state index is 5.05. The van der Waals surface area contributed by atoms with Gasteiger partial charge in [0, 0.05) is 23.8 Å². The Bertz CT molecular complexity index is 1090. The summed E-state index contributed by atoms with van der Waals surface area (Å²) in [6.07, 6.45) is 3.58. The molecular formula is C27H21N5. The molecule has 5 rings (SSSR count). The molecule has 0 saturated carbocycles. The molecule has 0 unspecified atom stereocenters. The first-order valence-corrected chi connectivity index (χ1v) is 10.4.